The van der Waals surface area contributed by atoms with Gasteiger partial charge < -0.3 is 0 Å². The first-order chi connectivity index (χ1) is 5.34. The van der Waals surface area contributed by atoms with Crippen LogP contribution in [0, 0.1) is 6.92 Å². The Hall–Kier alpha value is -0.0700. The van der Waals surface area contributed by atoms with E-state index in [1.54, 1.807) is 23.5 Å². The average Bonchev–Trinajstić information content (AvgIpc) is 2.27. The maximum absolute atomic E-state index is 4.27. The van der Waals surface area contributed by atoms with Crippen LogP contribution < -0.4 is 0 Å². The minimum atomic E-state index is 0.775. The van der Waals surface area contributed by atoms with Gasteiger partial charge in [-0.25, -0.2) is 4.99 Å². The van der Waals surface area contributed by atoms with Gasteiger partial charge in [0.2, 0.25) is 5.13 Å². The highest BCUT2D eigenvalue weighted by Gasteiger charge is 2.12. The summed E-state index contributed by atoms with van der Waals surface area (Å²) in [6.07, 6.45) is 0. The highest BCUT2D eigenvalue weighted by atomic mass is 32.3. The second-order valence-electron chi connectivity index (χ2n) is 1.89. The van der Waals surface area contributed by atoms with E-state index in [1.165, 1.54) is 11.3 Å². The molecule has 0 saturated carbocycles. The van der Waals surface area contributed by atoms with Crippen molar-refractivity contribution in [3.05, 3.63) is 5.01 Å². The molecule has 1 aromatic rings. The predicted octanol–water partition coefficient (Wildman–Crippen LogP) is 2.27. The third-order valence-electron chi connectivity index (χ3n) is 1.07. The van der Waals surface area contributed by atoms with Gasteiger partial charge in [0.1, 0.15) is 9.38 Å². The number of aryl methyl sites for hydroxylation is 1. The fourth-order valence-electron chi connectivity index (χ4n) is 0.586. The zero-order valence-electron chi connectivity index (χ0n) is 5.77. The summed E-state index contributed by atoms with van der Waals surface area (Å²) in [5, 5.41) is 10.6. The number of aromatic nitrogens is 2. The molecule has 1 fully saturated rings. The Balaban J connectivity index is 2.17. The summed E-state index contributed by atoms with van der Waals surface area (Å²) in [6, 6.07) is 0. The third-order valence-corrected chi connectivity index (χ3v) is 4.13. The van der Waals surface area contributed by atoms with Gasteiger partial charge in [-0.1, -0.05) is 34.9 Å². The first-order valence-corrected chi connectivity index (χ1v) is 5.78. The van der Waals surface area contributed by atoms with Crippen molar-refractivity contribution in [1.82, 2.24) is 10.2 Å². The molecular formula is C5H5N3S3. The van der Waals surface area contributed by atoms with Gasteiger partial charge in [0.15, 0.2) is 0 Å². The minimum absolute atomic E-state index is 0.775. The van der Waals surface area contributed by atoms with Crippen LogP contribution in [0.3, 0.4) is 0 Å². The minimum Gasteiger partial charge on any atom is -0.204 e. The molecule has 0 unspecified atom stereocenters. The van der Waals surface area contributed by atoms with Crippen molar-refractivity contribution in [2.24, 2.45) is 4.99 Å². The molecule has 1 aliphatic rings. The molecule has 1 aromatic heterocycles. The van der Waals surface area contributed by atoms with E-state index in [9.17, 15) is 0 Å². The summed E-state index contributed by atoms with van der Waals surface area (Å²) in [6.45, 7) is 1.93. The van der Waals surface area contributed by atoms with Gasteiger partial charge in [-0.2, -0.15) is 0 Å². The van der Waals surface area contributed by atoms with Crippen molar-refractivity contribution in [3.63, 3.8) is 0 Å². The summed E-state index contributed by atoms with van der Waals surface area (Å²) < 4.78 is 1.11. The van der Waals surface area contributed by atoms with E-state index in [4.69, 9.17) is 0 Å². The Morgan fingerprint density at radius 3 is 2.64 bits per heavy atom. The lowest BCUT2D eigenvalue weighted by Crippen LogP contribution is -1.96. The van der Waals surface area contributed by atoms with Gasteiger partial charge in [0, 0.05) is 0 Å². The quantitative estimate of drug-likeness (QED) is 0.702. The maximum Gasteiger partial charge on any atom is 0.233 e. The molecule has 58 valence electrons. The molecule has 1 saturated heterocycles. The Morgan fingerprint density at radius 2 is 2.18 bits per heavy atom. The topological polar surface area (TPSA) is 38.1 Å². The summed E-state index contributed by atoms with van der Waals surface area (Å²) in [7, 11) is 0. The van der Waals surface area contributed by atoms with Crippen molar-refractivity contribution >= 4 is 44.4 Å². The van der Waals surface area contributed by atoms with Crippen LogP contribution in [0.15, 0.2) is 4.99 Å². The molecule has 0 amide bonds. The second kappa shape index (κ2) is 3.12. The van der Waals surface area contributed by atoms with Crippen LogP contribution in [0.4, 0.5) is 5.13 Å². The molecule has 11 heavy (non-hydrogen) atoms. The van der Waals surface area contributed by atoms with Gasteiger partial charge in [0.25, 0.3) is 0 Å². The van der Waals surface area contributed by atoms with Crippen LogP contribution in [-0.2, 0) is 0 Å². The molecule has 0 bridgehead atoms. The van der Waals surface area contributed by atoms with E-state index in [1.807, 2.05) is 6.92 Å². The van der Waals surface area contributed by atoms with Crippen molar-refractivity contribution in [2.75, 3.05) is 5.08 Å². The van der Waals surface area contributed by atoms with Crippen LogP contribution in [0.5, 0.6) is 0 Å². The van der Waals surface area contributed by atoms with Crippen LogP contribution in [0.25, 0.3) is 0 Å². The SMILES string of the molecule is Cc1nnc(N=C2SCS2)s1. The highest BCUT2D eigenvalue weighted by molar-refractivity contribution is 8.52. The van der Waals surface area contributed by atoms with Crippen molar-refractivity contribution in [1.29, 1.82) is 0 Å². The van der Waals surface area contributed by atoms with Crippen LogP contribution in [0.2, 0.25) is 0 Å². The number of hydrogen-bond acceptors (Lipinski definition) is 6. The summed E-state index contributed by atoms with van der Waals surface area (Å²) >= 11 is 5.05. The molecule has 0 N–H and O–H groups in total. The molecule has 0 atom stereocenters. The van der Waals surface area contributed by atoms with Crippen molar-refractivity contribution in [2.45, 2.75) is 6.92 Å². The number of rotatable bonds is 1. The molecular weight excluding hydrogens is 198 g/mol. The Kier molecular flexibility index (Phi) is 2.15. The number of aliphatic imine (C=N–C) groups is 1. The van der Waals surface area contributed by atoms with Gasteiger partial charge in [-0.05, 0) is 6.92 Å². The van der Waals surface area contributed by atoms with Crippen LogP contribution in [0.1, 0.15) is 5.01 Å². The number of nitrogens with zero attached hydrogens (tertiary/aromatic N) is 3. The molecule has 1 aliphatic heterocycles. The van der Waals surface area contributed by atoms with Gasteiger partial charge in [0.05, 0.1) is 5.08 Å². The fraction of sp³-hybridized carbons (Fsp3) is 0.400. The second-order valence-corrected chi connectivity index (χ2v) is 5.60. The van der Waals surface area contributed by atoms with Crippen LogP contribution in [-0.4, -0.2) is 19.7 Å². The standard InChI is InChI=1S/C5H5N3S3/c1-3-7-8-4(11-3)6-5-9-2-10-5/h2H2,1H3. The van der Waals surface area contributed by atoms with Crippen molar-refractivity contribution in [3.8, 4) is 0 Å². The van der Waals surface area contributed by atoms with Crippen molar-refractivity contribution < 1.29 is 0 Å². The fourth-order valence-corrected chi connectivity index (χ4v) is 2.46. The van der Waals surface area contributed by atoms with E-state index in [0.29, 0.717) is 0 Å². The molecule has 0 aliphatic carbocycles. The van der Waals surface area contributed by atoms with E-state index in [-0.39, 0.29) is 0 Å². The lowest BCUT2D eigenvalue weighted by molar-refractivity contribution is 1.04. The average molecular weight is 203 g/mol. The summed E-state index contributed by atoms with van der Waals surface area (Å²) in [5.41, 5.74) is 0. The zero-order chi connectivity index (χ0) is 7.68. The summed E-state index contributed by atoms with van der Waals surface area (Å²) in [4.78, 5) is 4.27. The Morgan fingerprint density at radius 1 is 1.36 bits per heavy atom. The molecule has 0 radical (unpaired) electrons. The largest absolute Gasteiger partial charge is 0.233 e. The van der Waals surface area contributed by atoms with Gasteiger partial charge in [-0.3, -0.25) is 0 Å². The molecule has 2 rings (SSSR count). The monoisotopic (exact) mass is 203 g/mol. The predicted molar refractivity (Wildman–Crippen MR) is 51.8 cm³/mol. The molecule has 6 heteroatoms. The van der Waals surface area contributed by atoms with E-state index < -0.39 is 0 Å². The third kappa shape index (κ3) is 1.74. The molecule has 0 aromatic carbocycles. The van der Waals surface area contributed by atoms with E-state index >= 15 is 0 Å². The smallest absolute Gasteiger partial charge is 0.204 e. The van der Waals surface area contributed by atoms with Gasteiger partial charge in [-0.15, -0.1) is 10.2 Å². The molecule has 0 spiro atoms. The number of hydrogen-bond donors (Lipinski definition) is 0. The number of thioether (sulfide) groups is 2. The zero-order valence-corrected chi connectivity index (χ0v) is 8.22. The molecule has 2 heterocycles. The molecule has 3 nitrogen and oxygen atoms in total. The Labute approximate surface area is 76.7 Å². The first kappa shape index (κ1) is 7.57. The Bertz CT molecular complexity index is 287. The van der Waals surface area contributed by atoms with Gasteiger partial charge >= 0.3 is 0 Å². The van der Waals surface area contributed by atoms with E-state index in [0.717, 1.165) is 19.6 Å². The maximum atomic E-state index is 4.27. The van der Waals surface area contributed by atoms with Crippen LogP contribution >= 0.6 is 34.9 Å². The lowest BCUT2D eigenvalue weighted by atomic mass is 10.9. The first-order valence-electron chi connectivity index (χ1n) is 2.99. The summed E-state index contributed by atoms with van der Waals surface area (Å²) in [5.74, 6) is 0. The highest BCUT2D eigenvalue weighted by Crippen LogP contribution is 2.35. The lowest BCUT2D eigenvalue weighted by Gasteiger charge is -2.10. The van der Waals surface area contributed by atoms with E-state index in [2.05, 4.69) is 15.2 Å². The normalized spacial score (nSPS) is 16.3.